The average Bonchev–Trinajstić information content (AvgIpc) is 3.68. The minimum atomic E-state index is 0.0906. The standard InChI is InChI=1S/C32H38N6O/c1-23-35-29-9-5-6-10-30(29)38(23)28-19-26-11-12-27(20-28)37(26)18-15-32(25-7-3-2-4-8-25)13-16-36(17-14-32)31(39)24-21-33-34-22-24/h2-10,21-22,26-28H,11-20H2,1H3,(H,33,34)/t26-,27+,28+. The molecule has 4 aromatic rings. The second-order valence-electron chi connectivity index (χ2n) is 11.9. The number of amides is 1. The fourth-order valence-electron chi connectivity index (χ4n) is 7.95. The van der Waals surface area contributed by atoms with Crippen LogP contribution >= 0.6 is 0 Å². The van der Waals surface area contributed by atoms with Crippen LogP contribution < -0.4 is 0 Å². The monoisotopic (exact) mass is 522 g/mol. The zero-order valence-electron chi connectivity index (χ0n) is 22.8. The molecule has 7 heteroatoms. The smallest absolute Gasteiger partial charge is 0.257 e. The molecule has 202 valence electrons. The zero-order valence-corrected chi connectivity index (χ0v) is 22.8. The number of para-hydroxylation sites is 2. The number of aryl methyl sites for hydroxylation is 1. The minimum Gasteiger partial charge on any atom is -0.338 e. The maximum atomic E-state index is 13.0. The molecule has 7 nitrogen and oxygen atoms in total. The first-order valence-electron chi connectivity index (χ1n) is 14.6. The van der Waals surface area contributed by atoms with Gasteiger partial charge < -0.3 is 9.47 Å². The van der Waals surface area contributed by atoms with Crippen molar-refractivity contribution in [3.8, 4) is 0 Å². The van der Waals surface area contributed by atoms with Crippen LogP contribution in [0.5, 0.6) is 0 Å². The number of benzene rings is 2. The van der Waals surface area contributed by atoms with E-state index >= 15 is 0 Å². The van der Waals surface area contributed by atoms with Crippen LogP contribution in [0.2, 0.25) is 0 Å². The van der Waals surface area contributed by atoms with Crippen LogP contribution in [0.1, 0.15) is 72.7 Å². The maximum absolute atomic E-state index is 13.0. The summed E-state index contributed by atoms with van der Waals surface area (Å²) in [5, 5.41) is 6.75. The van der Waals surface area contributed by atoms with Crippen molar-refractivity contribution in [2.45, 2.75) is 75.4 Å². The molecule has 2 aromatic heterocycles. The van der Waals surface area contributed by atoms with Gasteiger partial charge in [-0.05, 0) is 81.5 Å². The van der Waals surface area contributed by atoms with Crippen LogP contribution in [0.25, 0.3) is 11.0 Å². The number of aromatic amines is 1. The number of hydrogen-bond donors (Lipinski definition) is 1. The highest BCUT2D eigenvalue weighted by Crippen LogP contribution is 2.45. The van der Waals surface area contributed by atoms with E-state index in [9.17, 15) is 4.79 Å². The van der Waals surface area contributed by atoms with Crippen molar-refractivity contribution in [3.63, 3.8) is 0 Å². The topological polar surface area (TPSA) is 70.1 Å². The Hall–Kier alpha value is -3.45. The van der Waals surface area contributed by atoms with Crippen LogP contribution in [0.4, 0.5) is 0 Å². The summed E-state index contributed by atoms with van der Waals surface area (Å²) in [6.45, 7) is 4.89. The molecular weight excluding hydrogens is 484 g/mol. The highest BCUT2D eigenvalue weighted by molar-refractivity contribution is 5.93. The SMILES string of the molecule is Cc1nc2ccccc2n1[C@H]1C[C@H]2CC[C@@H](C1)N2CCC1(c2ccccc2)CCN(C(=O)c2cn[nH]c2)CC1. The van der Waals surface area contributed by atoms with E-state index in [1.54, 1.807) is 12.4 Å². The van der Waals surface area contributed by atoms with Crippen molar-refractivity contribution in [2.24, 2.45) is 0 Å². The first-order valence-corrected chi connectivity index (χ1v) is 14.6. The van der Waals surface area contributed by atoms with E-state index in [0.717, 1.165) is 50.2 Å². The van der Waals surface area contributed by atoms with E-state index in [2.05, 4.69) is 81.2 Å². The number of H-pyrrole nitrogens is 1. The molecule has 3 aliphatic rings. The highest BCUT2D eigenvalue weighted by atomic mass is 16.2. The third-order valence-electron chi connectivity index (χ3n) is 9.98. The summed E-state index contributed by atoms with van der Waals surface area (Å²) in [6, 6.07) is 21.5. The fourth-order valence-corrected chi connectivity index (χ4v) is 7.95. The number of piperidine rings is 2. The Morgan fingerprint density at radius 1 is 0.974 bits per heavy atom. The number of carbonyl (C=O) groups is 1. The van der Waals surface area contributed by atoms with E-state index in [1.807, 2.05) is 4.90 Å². The van der Waals surface area contributed by atoms with E-state index in [1.165, 1.54) is 36.8 Å². The Labute approximate surface area is 230 Å². The van der Waals surface area contributed by atoms with Gasteiger partial charge in [0.05, 0.1) is 22.8 Å². The fraction of sp³-hybridized carbons (Fsp3) is 0.469. The molecule has 2 bridgehead atoms. The summed E-state index contributed by atoms with van der Waals surface area (Å²) < 4.78 is 2.52. The maximum Gasteiger partial charge on any atom is 0.257 e. The summed E-state index contributed by atoms with van der Waals surface area (Å²) in [6.07, 6.45) is 11.5. The lowest BCUT2D eigenvalue weighted by molar-refractivity contribution is 0.0607. The number of imidazole rings is 1. The summed E-state index contributed by atoms with van der Waals surface area (Å²) in [5.74, 6) is 1.24. The van der Waals surface area contributed by atoms with Crippen molar-refractivity contribution in [3.05, 3.63) is 83.9 Å². The molecule has 0 radical (unpaired) electrons. The summed E-state index contributed by atoms with van der Waals surface area (Å²) in [5.41, 5.74) is 4.60. The molecule has 3 atom stereocenters. The molecule has 1 amide bonds. The molecule has 5 heterocycles. The van der Waals surface area contributed by atoms with Crippen molar-refractivity contribution < 1.29 is 4.79 Å². The van der Waals surface area contributed by atoms with Gasteiger partial charge in [-0.25, -0.2) is 4.98 Å². The number of nitrogens with one attached hydrogen (secondary N) is 1. The molecule has 0 unspecified atom stereocenters. The first-order chi connectivity index (χ1) is 19.1. The van der Waals surface area contributed by atoms with E-state index in [4.69, 9.17) is 4.98 Å². The van der Waals surface area contributed by atoms with Gasteiger partial charge in [-0.3, -0.25) is 14.8 Å². The van der Waals surface area contributed by atoms with Gasteiger partial charge in [0.25, 0.3) is 5.91 Å². The molecule has 2 aromatic carbocycles. The number of hydrogen-bond acceptors (Lipinski definition) is 4. The van der Waals surface area contributed by atoms with Crippen LogP contribution in [0, 0.1) is 6.92 Å². The lowest BCUT2D eigenvalue weighted by atomic mass is 9.70. The number of rotatable bonds is 6. The molecule has 0 spiro atoms. The second kappa shape index (κ2) is 9.94. The van der Waals surface area contributed by atoms with Gasteiger partial charge in [0.1, 0.15) is 5.82 Å². The largest absolute Gasteiger partial charge is 0.338 e. The van der Waals surface area contributed by atoms with Gasteiger partial charge in [0, 0.05) is 37.4 Å². The number of carbonyl (C=O) groups excluding carboxylic acids is 1. The minimum absolute atomic E-state index is 0.0906. The predicted octanol–water partition coefficient (Wildman–Crippen LogP) is 5.50. The van der Waals surface area contributed by atoms with Crippen LogP contribution in [-0.4, -0.2) is 67.2 Å². The average molecular weight is 523 g/mol. The summed E-state index contributed by atoms with van der Waals surface area (Å²) >= 11 is 0. The molecule has 1 N–H and O–H groups in total. The van der Waals surface area contributed by atoms with Crippen LogP contribution in [0.15, 0.2) is 67.0 Å². The number of likely N-dealkylation sites (tertiary alicyclic amines) is 1. The summed E-state index contributed by atoms with van der Waals surface area (Å²) in [7, 11) is 0. The molecule has 3 fully saturated rings. The molecule has 0 saturated carbocycles. The molecule has 39 heavy (non-hydrogen) atoms. The van der Waals surface area contributed by atoms with Gasteiger partial charge in [-0.2, -0.15) is 5.10 Å². The Bertz CT molecular complexity index is 1420. The molecule has 7 rings (SSSR count). The second-order valence-corrected chi connectivity index (χ2v) is 11.9. The zero-order chi connectivity index (χ0) is 26.4. The van der Waals surface area contributed by atoms with E-state index in [-0.39, 0.29) is 11.3 Å². The number of aromatic nitrogens is 4. The lowest BCUT2D eigenvalue weighted by Gasteiger charge is -2.45. The molecular formula is C32H38N6O. The van der Waals surface area contributed by atoms with Gasteiger partial charge in [0.2, 0.25) is 0 Å². The molecule has 0 aliphatic carbocycles. The first kappa shape index (κ1) is 24.6. The molecule has 3 saturated heterocycles. The number of nitrogens with zero attached hydrogens (tertiary/aromatic N) is 5. The van der Waals surface area contributed by atoms with Gasteiger partial charge in [-0.1, -0.05) is 42.5 Å². The third-order valence-corrected chi connectivity index (χ3v) is 9.98. The molecule has 3 aliphatic heterocycles. The predicted molar refractivity (Wildman–Crippen MR) is 153 cm³/mol. The highest BCUT2D eigenvalue weighted by Gasteiger charge is 2.44. The third kappa shape index (κ3) is 4.37. The van der Waals surface area contributed by atoms with Crippen molar-refractivity contribution in [1.82, 2.24) is 29.5 Å². The number of fused-ring (bicyclic) bond motifs is 3. The Morgan fingerprint density at radius 2 is 1.69 bits per heavy atom. The van der Waals surface area contributed by atoms with E-state index in [0.29, 0.717) is 23.7 Å². The van der Waals surface area contributed by atoms with Gasteiger partial charge >= 0.3 is 0 Å². The normalized spacial score (nSPS) is 24.8. The summed E-state index contributed by atoms with van der Waals surface area (Å²) in [4.78, 5) is 22.7. The van der Waals surface area contributed by atoms with Gasteiger partial charge in [-0.15, -0.1) is 0 Å². The van der Waals surface area contributed by atoms with Crippen molar-refractivity contribution in [1.29, 1.82) is 0 Å². The van der Waals surface area contributed by atoms with Crippen LogP contribution in [-0.2, 0) is 5.41 Å². The van der Waals surface area contributed by atoms with Crippen LogP contribution in [0.3, 0.4) is 0 Å². The van der Waals surface area contributed by atoms with E-state index < -0.39 is 0 Å². The van der Waals surface area contributed by atoms with Crippen molar-refractivity contribution >= 4 is 16.9 Å². The Kier molecular flexibility index (Phi) is 6.26. The Balaban J connectivity index is 1.07. The van der Waals surface area contributed by atoms with Crippen molar-refractivity contribution in [2.75, 3.05) is 19.6 Å². The van der Waals surface area contributed by atoms with Gasteiger partial charge in [0.15, 0.2) is 0 Å². The lowest BCUT2D eigenvalue weighted by Crippen LogP contribution is -2.49. The quantitative estimate of drug-likeness (QED) is 0.363. The Morgan fingerprint density at radius 3 is 2.41 bits per heavy atom.